The molecule has 0 unspecified atom stereocenters. The number of carbonyl (C=O) groups excluding carboxylic acids is 1. The summed E-state index contributed by atoms with van der Waals surface area (Å²) in [4.78, 5) is 11.8. The lowest BCUT2D eigenvalue weighted by molar-refractivity contribution is -0.115. The third-order valence-corrected chi connectivity index (χ3v) is 3.00. The number of benzene rings is 1. The topological polar surface area (TPSA) is 17.1 Å². The first-order chi connectivity index (χ1) is 7.66. The standard InChI is InChI=1S/C13H12ClFO/c14-11-6-5-10(12(15)8-11)7-13(16)9-3-1-2-4-9/h3,5-6,8H,1-2,4,7H2. The van der Waals surface area contributed by atoms with Crippen LogP contribution in [0.4, 0.5) is 4.39 Å². The first-order valence-corrected chi connectivity index (χ1v) is 5.71. The Morgan fingerprint density at radius 2 is 2.25 bits per heavy atom. The SMILES string of the molecule is O=C(Cc1ccc(Cl)cc1F)C1=CCCC1. The molecule has 0 spiro atoms. The maximum atomic E-state index is 13.4. The van der Waals surface area contributed by atoms with Crippen LogP contribution in [0.3, 0.4) is 0 Å². The highest BCUT2D eigenvalue weighted by atomic mass is 35.5. The summed E-state index contributed by atoms with van der Waals surface area (Å²) in [7, 11) is 0. The first-order valence-electron chi connectivity index (χ1n) is 5.33. The van der Waals surface area contributed by atoms with Gasteiger partial charge in [-0.3, -0.25) is 4.79 Å². The third kappa shape index (κ3) is 2.50. The van der Waals surface area contributed by atoms with Gasteiger partial charge < -0.3 is 0 Å². The largest absolute Gasteiger partial charge is 0.294 e. The fraction of sp³-hybridized carbons (Fsp3) is 0.308. The van der Waals surface area contributed by atoms with Crippen LogP contribution < -0.4 is 0 Å². The molecule has 0 amide bonds. The monoisotopic (exact) mass is 238 g/mol. The number of carbonyl (C=O) groups is 1. The van der Waals surface area contributed by atoms with Gasteiger partial charge in [0.2, 0.25) is 0 Å². The number of ketones is 1. The summed E-state index contributed by atoms with van der Waals surface area (Å²) in [5.74, 6) is -0.377. The highest BCUT2D eigenvalue weighted by Crippen LogP contribution is 2.21. The molecule has 0 saturated heterocycles. The van der Waals surface area contributed by atoms with Crippen molar-refractivity contribution in [2.24, 2.45) is 0 Å². The highest BCUT2D eigenvalue weighted by Gasteiger charge is 2.15. The Bertz CT molecular complexity index is 451. The van der Waals surface area contributed by atoms with Crippen molar-refractivity contribution < 1.29 is 9.18 Å². The molecule has 16 heavy (non-hydrogen) atoms. The van der Waals surface area contributed by atoms with E-state index in [0.29, 0.717) is 10.6 Å². The van der Waals surface area contributed by atoms with E-state index in [1.165, 1.54) is 6.07 Å². The van der Waals surface area contributed by atoms with Gasteiger partial charge in [-0.1, -0.05) is 23.7 Å². The van der Waals surface area contributed by atoms with Gasteiger partial charge in [0, 0.05) is 11.4 Å². The number of Topliss-reactive ketones (excluding diaryl/α,β-unsaturated/α-hetero) is 1. The second-order valence-corrected chi connectivity index (χ2v) is 4.39. The van der Waals surface area contributed by atoms with Crippen LogP contribution in [0.25, 0.3) is 0 Å². The van der Waals surface area contributed by atoms with E-state index in [0.717, 1.165) is 24.8 Å². The molecule has 1 aromatic carbocycles. The van der Waals surface area contributed by atoms with Crippen LogP contribution in [0.15, 0.2) is 29.8 Å². The van der Waals surface area contributed by atoms with Crippen molar-refractivity contribution >= 4 is 17.4 Å². The van der Waals surface area contributed by atoms with Gasteiger partial charge in [0.25, 0.3) is 0 Å². The van der Waals surface area contributed by atoms with Crippen LogP contribution >= 0.6 is 11.6 Å². The van der Waals surface area contributed by atoms with E-state index in [1.807, 2.05) is 6.08 Å². The quantitative estimate of drug-likeness (QED) is 0.785. The Balaban J connectivity index is 2.11. The third-order valence-electron chi connectivity index (χ3n) is 2.77. The average Bonchev–Trinajstić information content (AvgIpc) is 2.75. The molecule has 0 aliphatic heterocycles. The molecule has 0 aromatic heterocycles. The van der Waals surface area contributed by atoms with E-state index in [4.69, 9.17) is 11.6 Å². The molecular weight excluding hydrogens is 227 g/mol. The Hall–Kier alpha value is -1.15. The van der Waals surface area contributed by atoms with Crippen molar-refractivity contribution in [1.82, 2.24) is 0 Å². The van der Waals surface area contributed by atoms with Crippen LogP contribution in [-0.2, 0) is 11.2 Å². The molecule has 0 atom stereocenters. The summed E-state index contributed by atoms with van der Waals surface area (Å²) < 4.78 is 13.4. The van der Waals surface area contributed by atoms with Gasteiger partial charge in [-0.25, -0.2) is 4.39 Å². The molecule has 0 fully saturated rings. The van der Waals surface area contributed by atoms with Crippen molar-refractivity contribution in [3.63, 3.8) is 0 Å². The zero-order valence-electron chi connectivity index (χ0n) is 8.80. The maximum absolute atomic E-state index is 13.4. The van der Waals surface area contributed by atoms with E-state index >= 15 is 0 Å². The average molecular weight is 239 g/mol. The molecule has 84 valence electrons. The molecule has 0 bridgehead atoms. The molecule has 0 N–H and O–H groups in total. The van der Waals surface area contributed by atoms with Gasteiger partial charge in [0.1, 0.15) is 5.82 Å². The fourth-order valence-electron chi connectivity index (χ4n) is 1.88. The number of halogens is 2. The lowest BCUT2D eigenvalue weighted by atomic mass is 10.0. The summed E-state index contributed by atoms with van der Waals surface area (Å²) in [5, 5.41) is 0.355. The summed E-state index contributed by atoms with van der Waals surface area (Å²) in [5.41, 5.74) is 1.26. The minimum atomic E-state index is -0.403. The maximum Gasteiger partial charge on any atom is 0.163 e. The minimum absolute atomic E-state index is 0.0266. The van der Waals surface area contributed by atoms with Gasteiger partial charge >= 0.3 is 0 Å². The van der Waals surface area contributed by atoms with Crippen molar-refractivity contribution in [3.05, 3.63) is 46.3 Å². The summed E-state index contributed by atoms with van der Waals surface area (Å²) in [6, 6.07) is 4.43. The van der Waals surface area contributed by atoms with E-state index in [-0.39, 0.29) is 12.2 Å². The second-order valence-electron chi connectivity index (χ2n) is 3.96. The molecule has 1 aliphatic carbocycles. The number of allylic oxidation sites excluding steroid dienone is 2. The normalized spacial score (nSPS) is 15.0. The van der Waals surface area contributed by atoms with Crippen molar-refractivity contribution in [2.45, 2.75) is 25.7 Å². The zero-order valence-corrected chi connectivity index (χ0v) is 9.56. The van der Waals surface area contributed by atoms with Gasteiger partial charge in [-0.2, -0.15) is 0 Å². The van der Waals surface area contributed by atoms with Crippen molar-refractivity contribution in [1.29, 1.82) is 0 Å². The molecule has 0 radical (unpaired) electrons. The van der Waals surface area contributed by atoms with Crippen LogP contribution in [0, 0.1) is 5.82 Å². The van der Waals surface area contributed by atoms with Gasteiger partial charge in [-0.05, 0) is 42.5 Å². The summed E-state index contributed by atoms with van der Waals surface area (Å²) in [6.07, 6.45) is 4.91. The first kappa shape index (κ1) is 11.3. The number of hydrogen-bond donors (Lipinski definition) is 0. The lowest BCUT2D eigenvalue weighted by Crippen LogP contribution is -2.06. The lowest BCUT2D eigenvalue weighted by Gasteiger charge is -2.03. The van der Waals surface area contributed by atoms with Gasteiger partial charge in [-0.15, -0.1) is 0 Å². The molecule has 1 aliphatic rings. The van der Waals surface area contributed by atoms with E-state index < -0.39 is 5.82 Å². The van der Waals surface area contributed by atoms with E-state index in [2.05, 4.69) is 0 Å². The van der Waals surface area contributed by atoms with E-state index in [1.54, 1.807) is 12.1 Å². The molecule has 1 aromatic rings. The molecule has 2 rings (SSSR count). The zero-order chi connectivity index (χ0) is 11.5. The predicted octanol–water partition coefficient (Wildman–Crippen LogP) is 3.70. The van der Waals surface area contributed by atoms with Gasteiger partial charge in [0.05, 0.1) is 0 Å². The van der Waals surface area contributed by atoms with Crippen LogP contribution in [-0.4, -0.2) is 5.78 Å². The molecule has 0 heterocycles. The van der Waals surface area contributed by atoms with Gasteiger partial charge in [0.15, 0.2) is 5.78 Å². The smallest absolute Gasteiger partial charge is 0.163 e. The number of rotatable bonds is 3. The van der Waals surface area contributed by atoms with Crippen LogP contribution in [0.2, 0.25) is 5.02 Å². The Labute approximate surface area is 98.9 Å². The number of hydrogen-bond acceptors (Lipinski definition) is 1. The minimum Gasteiger partial charge on any atom is -0.294 e. The molecule has 0 saturated carbocycles. The summed E-state index contributed by atoms with van der Waals surface area (Å²) in [6.45, 7) is 0. The Morgan fingerprint density at radius 1 is 1.44 bits per heavy atom. The van der Waals surface area contributed by atoms with E-state index in [9.17, 15) is 9.18 Å². The van der Waals surface area contributed by atoms with Crippen LogP contribution in [0.5, 0.6) is 0 Å². The van der Waals surface area contributed by atoms with Crippen molar-refractivity contribution in [2.75, 3.05) is 0 Å². The van der Waals surface area contributed by atoms with Crippen LogP contribution in [0.1, 0.15) is 24.8 Å². The second kappa shape index (κ2) is 4.79. The Morgan fingerprint density at radius 3 is 2.88 bits per heavy atom. The highest BCUT2D eigenvalue weighted by molar-refractivity contribution is 6.30. The summed E-state index contributed by atoms with van der Waals surface area (Å²) >= 11 is 5.64. The fourth-order valence-corrected chi connectivity index (χ4v) is 2.03. The molecule has 3 heteroatoms. The van der Waals surface area contributed by atoms with Crippen molar-refractivity contribution in [3.8, 4) is 0 Å². The Kier molecular flexibility index (Phi) is 3.39. The predicted molar refractivity (Wildman–Crippen MR) is 62.1 cm³/mol. The molecular formula is C13H12ClFO. The molecule has 1 nitrogen and oxygen atoms in total.